The number of halogens is 1. The van der Waals surface area contributed by atoms with E-state index < -0.39 is 6.04 Å². The molecule has 0 bridgehead atoms. The summed E-state index contributed by atoms with van der Waals surface area (Å²) in [5.74, 6) is 0.918. The molecule has 162 valence electrons. The van der Waals surface area contributed by atoms with Crippen LogP contribution in [0.3, 0.4) is 0 Å². The third-order valence-electron chi connectivity index (χ3n) is 4.55. The highest BCUT2D eigenvalue weighted by molar-refractivity contribution is 9.10. The summed E-state index contributed by atoms with van der Waals surface area (Å²) in [6, 6.07) is 15.6. The monoisotopic (exact) mass is 490 g/mol. The van der Waals surface area contributed by atoms with Crippen molar-refractivity contribution in [2.24, 2.45) is 0 Å². The van der Waals surface area contributed by atoms with Crippen LogP contribution in [0, 0.1) is 6.92 Å². The van der Waals surface area contributed by atoms with Gasteiger partial charge in [0.1, 0.15) is 6.04 Å². The Morgan fingerprint density at radius 2 is 1.60 bits per heavy atom. The Morgan fingerprint density at radius 3 is 2.17 bits per heavy atom. The number of hydrogen-bond donors (Lipinski definition) is 1. The summed E-state index contributed by atoms with van der Waals surface area (Å²) in [6.45, 7) is 10.1. The van der Waals surface area contributed by atoms with E-state index in [0.717, 1.165) is 15.8 Å². The zero-order valence-electron chi connectivity index (χ0n) is 18.4. The van der Waals surface area contributed by atoms with Crippen molar-refractivity contribution < 1.29 is 9.59 Å². The van der Waals surface area contributed by atoms with Crippen LogP contribution >= 0.6 is 27.7 Å². The van der Waals surface area contributed by atoms with Crippen molar-refractivity contribution in [2.75, 3.05) is 5.75 Å². The van der Waals surface area contributed by atoms with Crippen molar-refractivity contribution in [1.29, 1.82) is 0 Å². The Balaban J connectivity index is 2.08. The van der Waals surface area contributed by atoms with Gasteiger partial charge in [-0.15, -0.1) is 11.8 Å². The highest BCUT2D eigenvalue weighted by Crippen LogP contribution is 2.18. The Bertz CT molecular complexity index is 845. The van der Waals surface area contributed by atoms with E-state index in [-0.39, 0.29) is 17.4 Å². The lowest BCUT2D eigenvalue weighted by Gasteiger charge is -2.31. The van der Waals surface area contributed by atoms with Gasteiger partial charge in [-0.2, -0.15) is 0 Å². The molecule has 0 saturated carbocycles. The molecule has 30 heavy (non-hydrogen) atoms. The van der Waals surface area contributed by atoms with Crippen molar-refractivity contribution in [3.63, 3.8) is 0 Å². The molecule has 1 atom stereocenters. The lowest BCUT2D eigenvalue weighted by molar-refractivity contribution is -0.139. The summed E-state index contributed by atoms with van der Waals surface area (Å²) in [4.78, 5) is 27.5. The Morgan fingerprint density at radius 1 is 1.03 bits per heavy atom. The summed E-state index contributed by atoms with van der Waals surface area (Å²) in [6.07, 6.45) is 0. The van der Waals surface area contributed by atoms with Crippen LogP contribution in [0.15, 0.2) is 53.0 Å². The average molecular weight is 491 g/mol. The van der Waals surface area contributed by atoms with Gasteiger partial charge in [-0.1, -0.05) is 57.9 Å². The fourth-order valence-electron chi connectivity index (χ4n) is 2.87. The summed E-state index contributed by atoms with van der Waals surface area (Å²) < 4.78 is 0.983. The summed E-state index contributed by atoms with van der Waals surface area (Å²) in [5.41, 5.74) is 3.05. The van der Waals surface area contributed by atoms with E-state index in [1.54, 1.807) is 23.6 Å². The number of aryl methyl sites for hydroxylation is 1. The van der Waals surface area contributed by atoms with Crippen LogP contribution in [0.1, 0.15) is 44.4 Å². The molecule has 0 spiro atoms. The van der Waals surface area contributed by atoms with Crippen LogP contribution in [0.4, 0.5) is 0 Å². The average Bonchev–Trinajstić information content (AvgIpc) is 2.67. The molecule has 0 aliphatic heterocycles. The second-order valence-corrected chi connectivity index (χ2v) is 10.4. The summed E-state index contributed by atoms with van der Waals surface area (Å²) in [7, 11) is 0. The minimum atomic E-state index is -0.555. The number of rotatable bonds is 8. The molecule has 2 aromatic rings. The number of benzene rings is 2. The second-order valence-electron chi connectivity index (χ2n) is 8.54. The first-order valence-corrected chi connectivity index (χ1v) is 12.0. The fourth-order valence-corrected chi connectivity index (χ4v) is 4.00. The Hall–Kier alpha value is -1.79. The minimum absolute atomic E-state index is 0.0356. The SMILES string of the molecule is Cc1ccc(CSCC(=O)N(Cc2ccc(Br)cc2)[C@H](C)C(=O)NC(C)(C)C)cc1. The van der Waals surface area contributed by atoms with E-state index in [4.69, 9.17) is 0 Å². The highest BCUT2D eigenvalue weighted by atomic mass is 79.9. The molecule has 0 fully saturated rings. The minimum Gasteiger partial charge on any atom is -0.350 e. The first-order valence-electron chi connectivity index (χ1n) is 10.0. The van der Waals surface area contributed by atoms with Crippen molar-refractivity contribution in [3.05, 3.63) is 69.7 Å². The quantitative estimate of drug-likeness (QED) is 0.544. The maximum absolute atomic E-state index is 13.1. The number of carbonyl (C=O) groups excluding carboxylic acids is 2. The highest BCUT2D eigenvalue weighted by Gasteiger charge is 2.28. The topological polar surface area (TPSA) is 49.4 Å². The van der Waals surface area contributed by atoms with Crippen LogP contribution in [0.2, 0.25) is 0 Å². The van der Waals surface area contributed by atoms with Crippen LogP contribution in [-0.4, -0.2) is 34.0 Å². The number of nitrogens with one attached hydrogen (secondary N) is 1. The van der Waals surface area contributed by atoms with Gasteiger partial charge in [0, 0.05) is 22.3 Å². The first-order chi connectivity index (χ1) is 14.0. The van der Waals surface area contributed by atoms with Crippen LogP contribution < -0.4 is 5.32 Å². The van der Waals surface area contributed by atoms with Gasteiger partial charge >= 0.3 is 0 Å². The first kappa shape index (κ1) is 24.5. The molecule has 0 aliphatic carbocycles. The van der Waals surface area contributed by atoms with Crippen LogP contribution in [-0.2, 0) is 21.9 Å². The predicted octanol–water partition coefficient (Wildman–Crippen LogP) is 5.32. The van der Waals surface area contributed by atoms with Gasteiger partial charge in [0.25, 0.3) is 0 Å². The van der Waals surface area contributed by atoms with E-state index in [1.807, 2.05) is 45.0 Å². The molecule has 2 rings (SSSR count). The molecule has 2 aromatic carbocycles. The zero-order chi connectivity index (χ0) is 22.3. The molecular weight excluding hydrogens is 460 g/mol. The van der Waals surface area contributed by atoms with Crippen LogP contribution in [0.5, 0.6) is 0 Å². The van der Waals surface area contributed by atoms with Crippen molar-refractivity contribution >= 4 is 39.5 Å². The van der Waals surface area contributed by atoms with Gasteiger partial charge in [0.05, 0.1) is 5.75 Å². The normalized spacial score (nSPS) is 12.3. The van der Waals surface area contributed by atoms with Gasteiger partial charge in [0.15, 0.2) is 0 Å². The largest absolute Gasteiger partial charge is 0.350 e. The van der Waals surface area contributed by atoms with Gasteiger partial charge < -0.3 is 10.2 Å². The molecule has 6 heteroatoms. The van der Waals surface area contributed by atoms with E-state index in [1.165, 1.54) is 11.1 Å². The number of carbonyl (C=O) groups is 2. The molecule has 0 saturated heterocycles. The number of hydrogen-bond acceptors (Lipinski definition) is 3. The Kier molecular flexibility index (Phi) is 8.98. The molecule has 4 nitrogen and oxygen atoms in total. The maximum Gasteiger partial charge on any atom is 0.242 e. The fraction of sp³-hybridized carbons (Fsp3) is 0.417. The summed E-state index contributed by atoms with van der Waals surface area (Å²) in [5, 5.41) is 2.99. The zero-order valence-corrected chi connectivity index (χ0v) is 20.8. The summed E-state index contributed by atoms with van der Waals surface area (Å²) >= 11 is 5.01. The van der Waals surface area contributed by atoms with E-state index in [0.29, 0.717) is 12.3 Å². The third-order valence-corrected chi connectivity index (χ3v) is 6.06. The lowest BCUT2D eigenvalue weighted by atomic mass is 10.1. The maximum atomic E-state index is 13.1. The van der Waals surface area contributed by atoms with E-state index >= 15 is 0 Å². The van der Waals surface area contributed by atoms with E-state index in [9.17, 15) is 9.59 Å². The van der Waals surface area contributed by atoms with Gasteiger partial charge in [-0.25, -0.2) is 0 Å². The van der Waals surface area contributed by atoms with Crippen molar-refractivity contribution in [1.82, 2.24) is 10.2 Å². The molecule has 2 amide bonds. The third kappa shape index (κ3) is 8.15. The van der Waals surface area contributed by atoms with Gasteiger partial charge in [-0.05, 0) is 57.9 Å². The predicted molar refractivity (Wildman–Crippen MR) is 129 cm³/mol. The molecule has 0 radical (unpaired) electrons. The number of thioether (sulfide) groups is 1. The smallest absolute Gasteiger partial charge is 0.242 e. The lowest BCUT2D eigenvalue weighted by Crippen LogP contribution is -2.52. The van der Waals surface area contributed by atoms with Gasteiger partial charge in [-0.3, -0.25) is 9.59 Å². The van der Waals surface area contributed by atoms with E-state index in [2.05, 4.69) is 52.4 Å². The number of nitrogens with zero attached hydrogens (tertiary/aromatic N) is 1. The molecule has 0 aliphatic rings. The molecule has 1 N–H and O–H groups in total. The second kappa shape index (κ2) is 11.0. The van der Waals surface area contributed by atoms with Gasteiger partial charge in [0.2, 0.25) is 11.8 Å². The number of amides is 2. The molecule has 0 heterocycles. The molecular formula is C24H31BrN2O2S. The van der Waals surface area contributed by atoms with Crippen LogP contribution in [0.25, 0.3) is 0 Å². The van der Waals surface area contributed by atoms with Crippen molar-refractivity contribution in [3.8, 4) is 0 Å². The molecule has 0 aromatic heterocycles. The standard InChI is InChI=1S/C24H31BrN2O2S/c1-17-6-8-20(9-7-17)15-30-16-22(28)27(14-19-10-12-21(25)13-11-19)18(2)23(29)26-24(3,4)5/h6-13,18H,14-16H2,1-5H3,(H,26,29)/t18-/m1/s1. The molecule has 0 unspecified atom stereocenters. The van der Waals surface area contributed by atoms with Crippen molar-refractivity contribution in [2.45, 2.75) is 58.5 Å². The Labute approximate surface area is 192 Å².